The number of halogens is 7. The Morgan fingerprint density at radius 3 is 2.30 bits per heavy atom. The lowest BCUT2D eigenvalue weighted by Gasteiger charge is -2.49. The summed E-state index contributed by atoms with van der Waals surface area (Å²) < 4.78 is 59.1. The van der Waals surface area contributed by atoms with Gasteiger partial charge in [0.05, 0.1) is 10.6 Å². The van der Waals surface area contributed by atoms with Crippen molar-refractivity contribution in [1.29, 1.82) is 0 Å². The molecule has 0 radical (unpaired) electrons. The van der Waals surface area contributed by atoms with E-state index in [1.807, 2.05) is 0 Å². The summed E-state index contributed by atoms with van der Waals surface area (Å²) in [6.07, 6.45) is -8.22. The normalized spacial score (nSPS) is 19.6. The smallest absolute Gasteiger partial charge is 0.490 e. The number of amides is 3. The Morgan fingerprint density at radius 1 is 1.12 bits per heavy atom. The van der Waals surface area contributed by atoms with Gasteiger partial charge in [-0.3, -0.25) is 19.3 Å². The minimum Gasteiger partial charge on any atom is -0.504 e. The van der Waals surface area contributed by atoms with Crippen LogP contribution in [0.5, 0.6) is 11.5 Å². The summed E-state index contributed by atoms with van der Waals surface area (Å²) in [7, 11) is 0. The molecule has 1 saturated carbocycles. The summed E-state index contributed by atoms with van der Waals surface area (Å²) in [6.45, 7) is 0.135. The number of phenols is 2. The number of carboxylic acids is 3. The highest BCUT2D eigenvalue weighted by Gasteiger charge is 2.54. The first-order valence-corrected chi connectivity index (χ1v) is 20.6. The molecule has 5 rings (SSSR count). The van der Waals surface area contributed by atoms with Crippen LogP contribution in [0.1, 0.15) is 41.7 Å². The van der Waals surface area contributed by atoms with Crippen LogP contribution in [0, 0.1) is 5.92 Å². The molecule has 2 aromatic rings. The Balaban J connectivity index is 0.00000104. The Morgan fingerprint density at radius 2 is 1.75 bits per heavy atom. The van der Waals surface area contributed by atoms with E-state index in [1.165, 1.54) is 29.6 Å². The molecule has 1 unspecified atom stereocenters. The number of nitrogens with one attached hydrogen (secondary N) is 2. The van der Waals surface area contributed by atoms with Gasteiger partial charge in [0.25, 0.3) is 17.7 Å². The summed E-state index contributed by atoms with van der Waals surface area (Å²) in [6, 6.07) is 1.11. The van der Waals surface area contributed by atoms with E-state index in [4.69, 9.17) is 43.7 Å². The van der Waals surface area contributed by atoms with Gasteiger partial charge in [-0.1, -0.05) is 39.7 Å². The molecule has 3 amide bonds. The van der Waals surface area contributed by atoms with Crippen LogP contribution in [0.4, 0.5) is 27.1 Å². The quantitative estimate of drug-likeness (QED) is 0.0332. The Hall–Kier alpha value is -4.79. The highest BCUT2D eigenvalue weighted by molar-refractivity contribution is 8.01. The lowest BCUT2D eigenvalue weighted by atomic mass is 9.83. The molecule has 28 heteroatoms. The zero-order valence-corrected chi connectivity index (χ0v) is 34.0. The Bertz CT molecular complexity index is 2100. The van der Waals surface area contributed by atoms with Crippen LogP contribution in [-0.2, 0) is 28.8 Å². The van der Waals surface area contributed by atoms with Gasteiger partial charge in [-0.2, -0.15) is 24.9 Å². The number of aromatic nitrogens is 1. The number of benzene rings is 1. The van der Waals surface area contributed by atoms with Crippen LogP contribution in [-0.4, -0.2) is 130 Å². The lowest BCUT2D eigenvalue weighted by molar-refractivity contribution is -0.192. The van der Waals surface area contributed by atoms with E-state index < -0.39 is 101 Å². The van der Waals surface area contributed by atoms with Crippen LogP contribution >= 0.6 is 58.1 Å². The minimum atomic E-state index is -5.08. The number of carbonyl (C=O) groups is 6. The number of aliphatic carboxylic acids is 3. The third-order valence-corrected chi connectivity index (χ3v) is 12.5. The molecule has 60 heavy (non-hydrogen) atoms. The molecule has 1 aliphatic carbocycles. The van der Waals surface area contributed by atoms with Crippen LogP contribution < -0.4 is 16.4 Å². The van der Waals surface area contributed by atoms with Crippen molar-refractivity contribution in [2.75, 3.05) is 29.5 Å². The zero-order chi connectivity index (χ0) is 44.9. The molecule has 1 aromatic carbocycles. The number of hydrogen-bond acceptors (Lipinski definition) is 15. The third kappa shape index (κ3) is 11.5. The number of phenolic OH excluding ortho intramolecular Hbond substituents is 2. The minimum absolute atomic E-state index is 0.0566. The van der Waals surface area contributed by atoms with Crippen molar-refractivity contribution in [3.05, 3.63) is 44.0 Å². The average molecular weight is 954 g/mol. The number of β-lactam (4-membered cyclic amide) rings is 1. The van der Waals surface area contributed by atoms with Crippen LogP contribution in [0.15, 0.2) is 28.6 Å². The van der Waals surface area contributed by atoms with Crippen LogP contribution in [0.3, 0.4) is 0 Å². The maximum absolute atomic E-state index is 13.7. The van der Waals surface area contributed by atoms with Gasteiger partial charge < -0.3 is 46.7 Å². The third-order valence-electron chi connectivity index (χ3n) is 8.66. The first-order chi connectivity index (χ1) is 27.9. The number of fused-ring (bicyclic) bond motifs is 1. The summed E-state index contributed by atoms with van der Waals surface area (Å²) >= 11 is 15.4. The monoisotopic (exact) mass is 952 g/mol. The molecule has 1 aromatic heterocycles. The number of aromatic hydroxyl groups is 2. The first-order valence-electron chi connectivity index (χ1n) is 16.8. The van der Waals surface area contributed by atoms with E-state index >= 15 is 0 Å². The molecule has 3 aliphatic rings. The fourth-order valence-corrected chi connectivity index (χ4v) is 9.25. The van der Waals surface area contributed by atoms with E-state index in [2.05, 4.69) is 20.8 Å². The Kier molecular flexibility index (Phi) is 15.7. The highest BCUT2D eigenvalue weighted by Crippen LogP contribution is 2.42. The van der Waals surface area contributed by atoms with Crippen molar-refractivity contribution < 1.29 is 81.1 Å². The van der Waals surface area contributed by atoms with E-state index in [1.54, 1.807) is 0 Å². The molecule has 9 N–H and O–H groups in total. The maximum Gasteiger partial charge on any atom is 0.490 e. The number of hydrogen-bond donors (Lipinski definition) is 8. The molecule has 2 fully saturated rings. The van der Waals surface area contributed by atoms with Crippen molar-refractivity contribution in [3.63, 3.8) is 0 Å². The second-order valence-electron chi connectivity index (χ2n) is 12.7. The van der Waals surface area contributed by atoms with Gasteiger partial charge in [0.2, 0.25) is 12.0 Å². The molecule has 0 spiro atoms. The van der Waals surface area contributed by atoms with Crippen molar-refractivity contribution >= 4 is 105 Å². The van der Waals surface area contributed by atoms with Crippen molar-refractivity contribution in [2.45, 2.75) is 55.3 Å². The van der Waals surface area contributed by atoms with E-state index in [9.17, 15) is 66.4 Å². The van der Waals surface area contributed by atoms with Crippen molar-refractivity contribution in [3.8, 4) is 11.5 Å². The summed E-state index contributed by atoms with van der Waals surface area (Å²) in [5, 5.41) is 53.8. The second kappa shape index (κ2) is 19.7. The van der Waals surface area contributed by atoms with Gasteiger partial charge in [0, 0.05) is 42.6 Å². The number of thioether (sulfide) groups is 2. The highest BCUT2D eigenvalue weighted by atomic mass is 35.5. The fraction of sp³-hybridized carbons (Fsp3) is 0.438. The van der Waals surface area contributed by atoms with E-state index in [0.29, 0.717) is 11.3 Å². The molecule has 3 heterocycles. The number of carboxylic acid groups (broad SMARTS) is 3. The first kappa shape index (κ1) is 47.9. The standard InChI is InChI=1S/C30H30Cl2F2N6O10S3.C2HF3O2/c31-15-13(1-2-14(41)20(15)42)23(43)36-7-8-51-9-12-10-52-26-18(25(45)40(26)19(12)27(46)47)37-24(44)17(16-22(32)53-29(35)38-16)39-50-21(28(48)49)11-3-5-30(33,34)6-4-11;3-2(4,5)1(6)7/h1-2,11,18,21,26,41-42H,3-10H2,(H2,35,38)(H,36,43)(H,37,44)(H,46,47)(H,48,49);(H,6,7)/b39-17-;/t18-,21?,26-;/m1./s1. The summed E-state index contributed by atoms with van der Waals surface area (Å²) in [5.74, 6) is -12.3. The molecule has 2 aliphatic heterocycles. The molecule has 3 atom stereocenters. The molecule has 18 nitrogen and oxygen atoms in total. The number of thiazole rings is 1. The second-order valence-corrected chi connectivity index (χ2v) is 16.9. The van der Waals surface area contributed by atoms with Gasteiger partial charge in [0.15, 0.2) is 22.3 Å². The fourth-order valence-electron chi connectivity index (χ4n) is 5.72. The van der Waals surface area contributed by atoms with Crippen molar-refractivity contribution in [2.24, 2.45) is 11.1 Å². The number of anilines is 1. The molecule has 1 saturated heterocycles. The van der Waals surface area contributed by atoms with Crippen LogP contribution in [0.2, 0.25) is 9.36 Å². The van der Waals surface area contributed by atoms with E-state index in [-0.39, 0.29) is 62.3 Å². The molecular weight excluding hydrogens is 922 g/mol. The number of rotatable bonds is 14. The largest absolute Gasteiger partial charge is 0.504 e. The number of oxime groups is 1. The van der Waals surface area contributed by atoms with E-state index in [0.717, 1.165) is 22.3 Å². The number of nitrogens with two attached hydrogens (primary N) is 1. The van der Waals surface area contributed by atoms with Crippen LogP contribution in [0.25, 0.3) is 0 Å². The molecule has 328 valence electrons. The number of alkyl halides is 5. The molecular formula is C32H31Cl2F5N6O12S3. The topological polar surface area (TPSA) is 291 Å². The van der Waals surface area contributed by atoms with Crippen molar-refractivity contribution in [1.82, 2.24) is 20.5 Å². The van der Waals surface area contributed by atoms with Gasteiger partial charge in [0.1, 0.15) is 27.1 Å². The maximum atomic E-state index is 13.7. The SMILES string of the molecule is Nc1nc(/C(=N/OC(C(=O)O)C2CCC(F)(F)CC2)C(=O)N[C@@H]2C(=O)N3C(C(=O)O)=C(CSCCNC(=O)c4ccc(O)c(O)c4Cl)CS[C@H]23)c(Cl)s1.O=C(O)C(F)(F)F. The summed E-state index contributed by atoms with van der Waals surface area (Å²) in [4.78, 5) is 82.9. The number of nitrogen functional groups attached to an aromatic ring is 1. The number of carbonyl (C=O) groups excluding carboxylic acids is 3. The predicted molar refractivity (Wildman–Crippen MR) is 205 cm³/mol. The predicted octanol–water partition coefficient (Wildman–Crippen LogP) is 3.98. The van der Waals surface area contributed by atoms with Gasteiger partial charge in [-0.25, -0.2) is 28.1 Å². The average Bonchev–Trinajstić information content (AvgIpc) is 3.50. The zero-order valence-electron chi connectivity index (χ0n) is 30.0. The summed E-state index contributed by atoms with van der Waals surface area (Å²) in [5.41, 5.74) is 4.92. The lowest BCUT2D eigenvalue weighted by Crippen LogP contribution is -2.71. The van der Waals surface area contributed by atoms with Gasteiger partial charge in [-0.05, 0) is 30.5 Å². The molecule has 0 bridgehead atoms. The number of nitrogens with zero attached hydrogens (tertiary/aromatic N) is 3. The van der Waals surface area contributed by atoms with Gasteiger partial charge in [-0.15, -0.1) is 11.8 Å². The Labute approximate surface area is 356 Å². The van der Waals surface area contributed by atoms with Gasteiger partial charge >= 0.3 is 24.1 Å².